The van der Waals surface area contributed by atoms with Crippen LogP contribution in [0.15, 0.2) is 47.9 Å². The predicted octanol–water partition coefficient (Wildman–Crippen LogP) is 2.79. The maximum Gasteiger partial charge on any atom is 0.244 e. The number of nitrogens with zero attached hydrogens (tertiary/aromatic N) is 6. The van der Waals surface area contributed by atoms with Crippen LogP contribution in [-0.2, 0) is 10.0 Å². The summed E-state index contributed by atoms with van der Waals surface area (Å²) in [5, 5.41) is 4.74. The highest BCUT2D eigenvalue weighted by atomic mass is 35.5. The summed E-state index contributed by atoms with van der Waals surface area (Å²) in [7, 11) is -3.71. The number of benzene rings is 1. The van der Waals surface area contributed by atoms with Crippen LogP contribution in [0, 0.1) is 6.92 Å². The third-order valence-electron chi connectivity index (χ3n) is 4.77. The standard InChI is InChI=1S/C18H18Cl2N6O2S/c1-13-9-16(15(20)10-14(13)19)29(27,28)25-7-5-24(6-8-25)17-11-18(22-12-21-17)26-4-2-3-23-26/h2-4,9-12H,5-8H2,1H3. The van der Waals surface area contributed by atoms with Gasteiger partial charge in [-0.3, -0.25) is 0 Å². The van der Waals surface area contributed by atoms with E-state index in [2.05, 4.69) is 15.1 Å². The van der Waals surface area contributed by atoms with Gasteiger partial charge in [-0.05, 0) is 30.7 Å². The minimum absolute atomic E-state index is 0.0810. The molecule has 0 aliphatic carbocycles. The largest absolute Gasteiger partial charge is 0.354 e. The van der Waals surface area contributed by atoms with Gasteiger partial charge in [0.05, 0.1) is 5.02 Å². The molecule has 0 radical (unpaired) electrons. The molecule has 1 aliphatic heterocycles. The predicted molar refractivity (Wildman–Crippen MR) is 111 cm³/mol. The van der Waals surface area contributed by atoms with Crippen molar-refractivity contribution in [3.05, 3.63) is 58.6 Å². The minimum atomic E-state index is -3.71. The lowest BCUT2D eigenvalue weighted by Gasteiger charge is -2.34. The molecule has 0 atom stereocenters. The van der Waals surface area contributed by atoms with Crippen LogP contribution in [0.1, 0.15) is 5.56 Å². The van der Waals surface area contributed by atoms with E-state index in [1.54, 1.807) is 24.0 Å². The first-order valence-electron chi connectivity index (χ1n) is 8.89. The molecule has 1 aliphatic rings. The number of sulfonamides is 1. The number of hydrogen-bond donors (Lipinski definition) is 0. The highest BCUT2D eigenvalue weighted by Crippen LogP contribution is 2.31. The molecule has 0 saturated carbocycles. The summed E-state index contributed by atoms with van der Waals surface area (Å²) in [4.78, 5) is 10.7. The van der Waals surface area contributed by atoms with Crippen LogP contribution in [0.4, 0.5) is 5.82 Å². The van der Waals surface area contributed by atoms with Crippen molar-refractivity contribution in [1.29, 1.82) is 0 Å². The Labute approximate surface area is 178 Å². The highest BCUT2D eigenvalue weighted by molar-refractivity contribution is 7.89. The number of anilines is 1. The summed E-state index contributed by atoms with van der Waals surface area (Å²) in [6.07, 6.45) is 4.95. The Hall–Kier alpha value is -2.20. The van der Waals surface area contributed by atoms with E-state index < -0.39 is 10.0 Å². The van der Waals surface area contributed by atoms with E-state index in [0.29, 0.717) is 42.6 Å². The number of piperazine rings is 1. The van der Waals surface area contributed by atoms with Crippen LogP contribution >= 0.6 is 23.2 Å². The molecule has 1 saturated heterocycles. The van der Waals surface area contributed by atoms with Gasteiger partial charge in [0.25, 0.3) is 0 Å². The second kappa shape index (κ2) is 7.91. The molecule has 0 N–H and O–H groups in total. The van der Waals surface area contributed by atoms with Crippen LogP contribution < -0.4 is 4.90 Å². The third kappa shape index (κ3) is 3.95. The van der Waals surface area contributed by atoms with Crippen molar-refractivity contribution in [1.82, 2.24) is 24.1 Å². The normalized spacial score (nSPS) is 15.6. The Morgan fingerprint density at radius 3 is 2.38 bits per heavy atom. The fourth-order valence-corrected chi connectivity index (χ4v) is 5.39. The summed E-state index contributed by atoms with van der Waals surface area (Å²) in [5.41, 5.74) is 0.667. The first-order chi connectivity index (χ1) is 13.9. The Bertz CT molecular complexity index is 1130. The van der Waals surface area contributed by atoms with Crippen molar-refractivity contribution >= 4 is 39.0 Å². The summed E-state index contributed by atoms with van der Waals surface area (Å²) in [6.45, 7) is 3.39. The van der Waals surface area contributed by atoms with Crippen LogP contribution in [-0.4, -0.2) is 58.7 Å². The molecule has 1 aromatic carbocycles. The van der Waals surface area contributed by atoms with Gasteiger partial charge in [0, 0.05) is 49.7 Å². The van der Waals surface area contributed by atoms with Crippen molar-refractivity contribution < 1.29 is 8.42 Å². The van der Waals surface area contributed by atoms with Crippen molar-refractivity contribution in [3.8, 4) is 5.82 Å². The molecule has 1 fully saturated rings. The Balaban J connectivity index is 1.51. The number of aromatic nitrogens is 4. The Morgan fingerprint density at radius 2 is 1.69 bits per heavy atom. The number of halogens is 2. The molecule has 8 nitrogen and oxygen atoms in total. The fourth-order valence-electron chi connectivity index (χ4n) is 3.16. The zero-order valence-corrected chi connectivity index (χ0v) is 17.9. The Kier molecular flexibility index (Phi) is 5.48. The summed E-state index contributed by atoms with van der Waals surface area (Å²) in [6, 6.07) is 6.64. The van der Waals surface area contributed by atoms with Crippen LogP contribution in [0.2, 0.25) is 10.0 Å². The lowest BCUT2D eigenvalue weighted by molar-refractivity contribution is 0.383. The van der Waals surface area contributed by atoms with Crippen molar-refractivity contribution in [2.75, 3.05) is 31.1 Å². The first-order valence-corrected chi connectivity index (χ1v) is 11.1. The zero-order chi connectivity index (χ0) is 20.6. The molecule has 2 aromatic heterocycles. The molecule has 0 bridgehead atoms. The average Bonchev–Trinajstić information content (AvgIpc) is 3.26. The van der Waals surface area contributed by atoms with Gasteiger partial charge < -0.3 is 4.90 Å². The first kappa shape index (κ1) is 20.1. The van der Waals surface area contributed by atoms with Gasteiger partial charge in [-0.2, -0.15) is 9.40 Å². The molecule has 3 heterocycles. The summed E-state index contributed by atoms with van der Waals surface area (Å²) >= 11 is 12.2. The number of hydrogen-bond acceptors (Lipinski definition) is 6. The molecular weight excluding hydrogens is 435 g/mol. The van der Waals surface area contributed by atoms with Gasteiger partial charge in [-0.1, -0.05) is 23.2 Å². The van der Waals surface area contributed by atoms with Gasteiger partial charge in [-0.25, -0.2) is 23.1 Å². The van der Waals surface area contributed by atoms with Gasteiger partial charge in [-0.15, -0.1) is 0 Å². The molecule has 0 amide bonds. The monoisotopic (exact) mass is 452 g/mol. The SMILES string of the molecule is Cc1cc(S(=O)(=O)N2CCN(c3cc(-n4cccn4)ncn3)CC2)c(Cl)cc1Cl. The molecule has 3 aromatic rings. The summed E-state index contributed by atoms with van der Waals surface area (Å²) in [5.74, 6) is 1.38. The van der Waals surface area contributed by atoms with Gasteiger partial charge in [0.2, 0.25) is 10.0 Å². The van der Waals surface area contributed by atoms with E-state index in [4.69, 9.17) is 23.2 Å². The fraction of sp³-hybridized carbons (Fsp3) is 0.278. The van der Waals surface area contributed by atoms with E-state index in [9.17, 15) is 8.42 Å². The Morgan fingerprint density at radius 1 is 0.966 bits per heavy atom. The van der Waals surface area contributed by atoms with E-state index in [1.807, 2.05) is 17.0 Å². The lowest BCUT2D eigenvalue weighted by atomic mass is 10.2. The second-order valence-corrected chi connectivity index (χ2v) is 9.33. The molecule has 0 spiro atoms. The average molecular weight is 453 g/mol. The van der Waals surface area contributed by atoms with E-state index in [0.717, 1.165) is 5.82 Å². The molecule has 0 unspecified atom stereocenters. The molecular formula is C18H18Cl2N6O2S. The lowest BCUT2D eigenvalue weighted by Crippen LogP contribution is -2.49. The maximum absolute atomic E-state index is 13.1. The van der Waals surface area contributed by atoms with Crippen molar-refractivity contribution in [2.45, 2.75) is 11.8 Å². The van der Waals surface area contributed by atoms with Gasteiger partial charge in [0.1, 0.15) is 17.0 Å². The maximum atomic E-state index is 13.1. The summed E-state index contributed by atoms with van der Waals surface area (Å²) < 4.78 is 29.2. The second-order valence-electron chi connectivity index (χ2n) is 6.61. The van der Waals surface area contributed by atoms with Gasteiger partial charge in [0.15, 0.2) is 5.82 Å². The van der Waals surface area contributed by atoms with Crippen molar-refractivity contribution in [2.24, 2.45) is 0 Å². The van der Waals surface area contributed by atoms with E-state index in [1.165, 1.54) is 22.8 Å². The smallest absolute Gasteiger partial charge is 0.244 e. The van der Waals surface area contributed by atoms with Crippen LogP contribution in [0.25, 0.3) is 5.82 Å². The third-order valence-corrected chi connectivity index (χ3v) is 7.54. The zero-order valence-electron chi connectivity index (χ0n) is 15.5. The molecule has 4 rings (SSSR count). The number of aryl methyl sites for hydroxylation is 1. The van der Waals surface area contributed by atoms with Crippen LogP contribution in [0.3, 0.4) is 0 Å². The number of rotatable bonds is 4. The van der Waals surface area contributed by atoms with Crippen LogP contribution in [0.5, 0.6) is 0 Å². The molecule has 11 heteroatoms. The molecule has 29 heavy (non-hydrogen) atoms. The minimum Gasteiger partial charge on any atom is -0.354 e. The van der Waals surface area contributed by atoms with E-state index in [-0.39, 0.29) is 9.92 Å². The van der Waals surface area contributed by atoms with E-state index >= 15 is 0 Å². The quantitative estimate of drug-likeness (QED) is 0.604. The topological polar surface area (TPSA) is 84.2 Å². The van der Waals surface area contributed by atoms with Crippen molar-refractivity contribution in [3.63, 3.8) is 0 Å². The molecule has 152 valence electrons. The highest BCUT2D eigenvalue weighted by Gasteiger charge is 2.31. The van der Waals surface area contributed by atoms with Gasteiger partial charge >= 0.3 is 0 Å².